The minimum Gasteiger partial charge on any atom is -0.311 e. The van der Waals surface area contributed by atoms with E-state index in [9.17, 15) is 14.4 Å². The first kappa shape index (κ1) is 17.0. The molecular formula is C14H12Cl2N4O3. The molecule has 0 aliphatic rings. The molecule has 3 N–H and O–H groups in total. The van der Waals surface area contributed by atoms with Crippen LogP contribution in [-0.4, -0.2) is 22.1 Å². The van der Waals surface area contributed by atoms with E-state index in [1.165, 1.54) is 13.1 Å². The third kappa shape index (κ3) is 4.30. The van der Waals surface area contributed by atoms with Gasteiger partial charge < -0.3 is 4.98 Å². The number of hydrazone groups is 1. The van der Waals surface area contributed by atoms with E-state index in [0.717, 1.165) is 0 Å². The van der Waals surface area contributed by atoms with Crippen LogP contribution in [0.25, 0.3) is 0 Å². The number of H-pyrrole nitrogens is 2. The van der Waals surface area contributed by atoms with Crippen LogP contribution < -0.4 is 16.7 Å². The summed E-state index contributed by atoms with van der Waals surface area (Å²) in [6.45, 7) is 1.54. The number of benzene rings is 1. The zero-order valence-corrected chi connectivity index (χ0v) is 13.5. The lowest BCUT2D eigenvalue weighted by molar-refractivity contribution is -0.120. The monoisotopic (exact) mass is 354 g/mol. The van der Waals surface area contributed by atoms with Crippen LogP contribution in [-0.2, 0) is 11.2 Å². The molecule has 2 rings (SSSR count). The lowest BCUT2D eigenvalue weighted by atomic mass is 10.1. The van der Waals surface area contributed by atoms with Gasteiger partial charge >= 0.3 is 5.69 Å². The molecule has 2 aromatic rings. The Balaban J connectivity index is 2.06. The standard InChI is InChI=1S/C14H12Cl2N4O3/c1-7-9(13(22)19-14(23)18-7)5-11(21)20-17-6-8-3-2-4-10(15)12(8)16/h2-4,6H,5H2,1H3,(H,20,21)(H2,18,19,22,23)/b17-6-. The Morgan fingerprint density at radius 1 is 1.30 bits per heavy atom. The summed E-state index contributed by atoms with van der Waals surface area (Å²) in [6, 6.07) is 5.01. The number of aryl methyl sites for hydroxylation is 1. The first-order valence-electron chi connectivity index (χ1n) is 6.46. The fourth-order valence-corrected chi connectivity index (χ4v) is 2.19. The first-order valence-corrected chi connectivity index (χ1v) is 7.22. The molecule has 0 saturated carbocycles. The number of halogens is 2. The molecule has 0 aliphatic heterocycles. The van der Waals surface area contributed by atoms with Gasteiger partial charge in [-0.1, -0.05) is 35.3 Å². The molecule has 0 fully saturated rings. The number of rotatable bonds is 4. The Bertz CT molecular complexity index is 886. The van der Waals surface area contributed by atoms with Gasteiger partial charge in [-0.3, -0.25) is 14.6 Å². The van der Waals surface area contributed by atoms with Gasteiger partial charge in [0.15, 0.2) is 0 Å². The summed E-state index contributed by atoms with van der Waals surface area (Å²) in [4.78, 5) is 39.0. The van der Waals surface area contributed by atoms with Crippen molar-refractivity contribution >= 4 is 35.3 Å². The molecule has 0 aliphatic carbocycles. The summed E-state index contributed by atoms with van der Waals surface area (Å²) in [5, 5.41) is 4.46. The second-order valence-electron chi connectivity index (χ2n) is 4.62. The predicted molar refractivity (Wildman–Crippen MR) is 88.3 cm³/mol. The molecule has 23 heavy (non-hydrogen) atoms. The van der Waals surface area contributed by atoms with E-state index in [0.29, 0.717) is 21.3 Å². The van der Waals surface area contributed by atoms with Gasteiger partial charge in [0.1, 0.15) is 0 Å². The second-order valence-corrected chi connectivity index (χ2v) is 5.41. The van der Waals surface area contributed by atoms with Gasteiger partial charge in [0.2, 0.25) is 5.91 Å². The second kappa shape index (κ2) is 7.26. The van der Waals surface area contributed by atoms with E-state index >= 15 is 0 Å². The third-order valence-electron chi connectivity index (χ3n) is 2.97. The zero-order valence-electron chi connectivity index (χ0n) is 11.9. The molecule has 120 valence electrons. The number of amides is 1. The van der Waals surface area contributed by atoms with Crippen LogP contribution in [0.2, 0.25) is 10.0 Å². The molecule has 0 spiro atoms. The predicted octanol–water partition coefficient (Wildman–Crippen LogP) is 1.37. The van der Waals surface area contributed by atoms with Gasteiger partial charge in [0, 0.05) is 16.8 Å². The van der Waals surface area contributed by atoms with Crippen molar-refractivity contribution in [1.82, 2.24) is 15.4 Å². The smallest absolute Gasteiger partial charge is 0.311 e. The molecule has 0 unspecified atom stereocenters. The van der Waals surface area contributed by atoms with Crippen LogP contribution >= 0.6 is 23.2 Å². The number of aromatic amines is 2. The quantitative estimate of drug-likeness (QED) is 0.569. The Morgan fingerprint density at radius 3 is 2.74 bits per heavy atom. The van der Waals surface area contributed by atoms with Crippen LogP contribution in [0.5, 0.6) is 0 Å². The summed E-state index contributed by atoms with van der Waals surface area (Å²) >= 11 is 11.8. The molecule has 9 heteroatoms. The maximum Gasteiger partial charge on any atom is 0.325 e. The van der Waals surface area contributed by atoms with Gasteiger partial charge in [-0.2, -0.15) is 5.10 Å². The number of nitrogens with zero attached hydrogens (tertiary/aromatic N) is 1. The van der Waals surface area contributed by atoms with Crippen molar-refractivity contribution in [3.05, 3.63) is 65.9 Å². The van der Waals surface area contributed by atoms with Crippen molar-refractivity contribution in [1.29, 1.82) is 0 Å². The Morgan fingerprint density at radius 2 is 2.04 bits per heavy atom. The number of aromatic nitrogens is 2. The lowest BCUT2D eigenvalue weighted by Gasteiger charge is -2.03. The Labute approximate surface area is 140 Å². The Kier molecular flexibility index (Phi) is 5.36. The molecule has 0 bridgehead atoms. The molecular weight excluding hydrogens is 343 g/mol. The van der Waals surface area contributed by atoms with Crippen molar-refractivity contribution in [3.63, 3.8) is 0 Å². The first-order chi connectivity index (χ1) is 10.9. The number of carbonyl (C=O) groups excluding carboxylic acids is 1. The average molecular weight is 355 g/mol. The molecule has 7 nitrogen and oxygen atoms in total. The van der Waals surface area contributed by atoms with Crippen molar-refractivity contribution in [3.8, 4) is 0 Å². The van der Waals surface area contributed by atoms with Crippen LogP contribution in [0.15, 0.2) is 32.9 Å². The normalized spacial score (nSPS) is 10.9. The highest BCUT2D eigenvalue weighted by molar-refractivity contribution is 6.43. The molecule has 0 atom stereocenters. The maximum atomic E-state index is 11.8. The number of hydrogen-bond donors (Lipinski definition) is 3. The topological polar surface area (TPSA) is 107 Å². The van der Waals surface area contributed by atoms with Gasteiger partial charge in [-0.25, -0.2) is 10.2 Å². The maximum absolute atomic E-state index is 11.8. The van der Waals surface area contributed by atoms with Gasteiger partial charge in [-0.15, -0.1) is 0 Å². The Hall–Kier alpha value is -2.38. The summed E-state index contributed by atoms with van der Waals surface area (Å²) in [7, 11) is 0. The van der Waals surface area contributed by atoms with E-state index in [2.05, 4.69) is 20.5 Å². The summed E-state index contributed by atoms with van der Waals surface area (Å²) in [5.74, 6) is -0.514. The fraction of sp³-hybridized carbons (Fsp3) is 0.143. The minimum absolute atomic E-state index is 0.165. The van der Waals surface area contributed by atoms with E-state index in [1.54, 1.807) is 18.2 Å². The van der Waals surface area contributed by atoms with Crippen molar-refractivity contribution in [2.24, 2.45) is 5.10 Å². The highest BCUT2D eigenvalue weighted by Gasteiger charge is 2.10. The molecule has 1 amide bonds. The van der Waals surface area contributed by atoms with Crippen LogP contribution in [0.4, 0.5) is 0 Å². The average Bonchev–Trinajstić information content (AvgIpc) is 2.47. The summed E-state index contributed by atoms with van der Waals surface area (Å²) < 4.78 is 0. The van der Waals surface area contributed by atoms with Crippen LogP contribution in [0.1, 0.15) is 16.8 Å². The van der Waals surface area contributed by atoms with Gasteiger partial charge in [-0.05, 0) is 13.0 Å². The van der Waals surface area contributed by atoms with E-state index in [1.807, 2.05) is 0 Å². The molecule has 1 aromatic heterocycles. The number of nitrogens with one attached hydrogen (secondary N) is 3. The SMILES string of the molecule is Cc1[nH]c(=O)[nH]c(=O)c1CC(=O)N/N=C\c1cccc(Cl)c1Cl. The van der Waals surface area contributed by atoms with E-state index < -0.39 is 17.2 Å². The van der Waals surface area contributed by atoms with Crippen LogP contribution in [0, 0.1) is 6.92 Å². The molecule has 1 heterocycles. The van der Waals surface area contributed by atoms with Crippen LogP contribution in [0.3, 0.4) is 0 Å². The highest BCUT2D eigenvalue weighted by Crippen LogP contribution is 2.23. The molecule has 0 saturated heterocycles. The summed E-state index contributed by atoms with van der Waals surface area (Å²) in [5.41, 5.74) is 2.08. The van der Waals surface area contributed by atoms with Crippen molar-refractivity contribution in [2.45, 2.75) is 13.3 Å². The van der Waals surface area contributed by atoms with Gasteiger partial charge in [0.05, 0.1) is 22.7 Å². The summed E-state index contributed by atoms with van der Waals surface area (Å²) in [6.07, 6.45) is 1.12. The largest absolute Gasteiger partial charge is 0.325 e. The van der Waals surface area contributed by atoms with E-state index in [-0.39, 0.29) is 12.0 Å². The van der Waals surface area contributed by atoms with Gasteiger partial charge in [0.25, 0.3) is 5.56 Å². The van der Waals surface area contributed by atoms with Crippen molar-refractivity contribution in [2.75, 3.05) is 0 Å². The molecule has 0 radical (unpaired) electrons. The zero-order chi connectivity index (χ0) is 17.0. The number of hydrogen-bond acceptors (Lipinski definition) is 4. The lowest BCUT2D eigenvalue weighted by Crippen LogP contribution is -2.30. The highest BCUT2D eigenvalue weighted by atomic mass is 35.5. The van der Waals surface area contributed by atoms with Crippen molar-refractivity contribution < 1.29 is 4.79 Å². The molecule has 1 aromatic carbocycles. The third-order valence-corrected chi connectivity index (χ3v) is 3.80. The number of carbonyl (C=O) groups is 1. The van der Waals surface area contributed by atoms with E-state index in [4.69, 9.17) is 23.2 Å². The fourth-order valence-electron chi connectivity index (χ4n) is 1.83. The minimum atomic E-state index is -0.620.